The first-order valence-corrected chi connectivity index (χ1v) is 7.85. The van der Waals surface area contributed by atoms with Crippen molar-refractivity contribution in [2.45, 2.75) is 20.3 Å². The number of carbonyl (C=O) groups is 1. The second-order valence-corrected chi connectivity index (χ2v) is 5.77. The van der Waals surface area contributed by atoms with Crippen LogP contribution < -0.4 is 0 Å². The minimum Gasteiger partial charge on any atom is -0.466 e. The molecule has 23 heavy (non-hydrogen) atoms. The molecule has 5 heteroatoms. The number of benzene rings is 1. The molecule has 3 aromatic rings. The summed E-state index contributed by atoms with van der Waals surface area (Å²) in [4.78, 5) is 16.7. The van der Waals surface area contributed by atoms with E-state index in [0.717, 1.165) is 28.2 Å². The fourth-order valence-corrected chi connectivity index (χ4v) is 2.68. The lowest BCUT2D eigenvalue weighted by atomic mass is 10.1. The van der Waals surface area contributed by atoms with Crippen LogP contribution in [-0.4, -0.2) is 22.0 Å². The molecule has 118 valence electrons. The Morgan fingerprint density at radius 2 is 1.96 bits per heavy atom. The largest absolute Gasteiger partial charge is 0.466 e. The molecule has 0 aliphatic rings. The van der Waals surface area contributed by atoms with Gasteiger partial charge in [-0.3, -0.25) is 4.79 Å². The Morgan fingerprint density at radius 1 is 1.22 bits per heavy atom. The Kier molecular flexibility index (Phi) is 4.35. The summed E-state index contributed by atoms with van der Waals surface area (Å²) in [5.41, 5.74) is 4.43. The predicted molar refractivity (Wildman–Crippen MR) is 90.7 cm³/mol. The summed E-state index contributed by atoms with van der Waals surface area (Å²) < 4.78 is 7.06. The van der Waals surface area contributed by atoms with Crippen molar-refractivity contribution in [3.63, 3.8) is 0 Å². The van der Waals surface area contributed by atoms with Gasteiger partial charge in [0.25, 0.3) is 0 Å². The van der Waals surface area contributed by atoms with Crippen LogP contribution >= 0.6 is 11.6 Å². The highest BCUT2D eigenvalue weighted by molar-refractivity contribution is 6.30. The number of rotatable bonds is 4. The van der Waals surface area contributed by atoms with Gasteiger partial charge in [0.05, 0.1) is 24.4 Å². The number of esters is 1. The first-order chi connectivity index (χ1) is 11.1. The normalized spacial score (nSPS) is 10.9. The van der Waals surface area contributed by atoms with Gasteiger partial charge in [0.1, 0.15) is 5.65 Å². The second kappa shape index (κ2) is 6.42. The average Bonchev–Trinajstić information content (AvgIpc) is 2.86. The van der Waals surface area contributed by atoms with Gasteiger partial charge in [-0.05, 0) is 37.6 Å². The maximum atomic E-state index is 12.0. The molecule has 0 spiro atoms. The van der Waals surface area contributed by atoms with E-state index in [1.807, 2.05) is 53.9 Å². The molecule has 0 N–H and O–H groups in total. The topological polar surface area (TPSA) is 43.6 Å². The van der Waals surface area contributed by atoms with Gasteiger partial charge < -0.3 is 9.14 Å². The zero-order valence-corrected chi connectivity index (χ0v) is 13.8. The van der Waals surface area contributed by atoms with E-state index in [-0.39, 0.29) is 12.4 Å². The van der Waals surface area contributed by atoms with E-state index in [0.29, 0.717) is 11.6 Å². The van der Waals surface area contributed by atoms with E-state index in [1.165, 1.54) is 0 Å². The van der Waals surface area contributed by atoms with Gasteiger partial charge in [-0.1, -0.05) is 29.8 Å². The SMILES string of the molecule is CCOC(=O)Cc1c(-c2ccc(Cl)cc2)nc2ccc(C)cn12. The lowest BCUT2D eigenvalue weighted by molar-refractivity contribution is -0.142. The summed E-state index contributed by atoms with van der Waals surface area (Å²) in [5, 5.41) is 0.667. The van der Waals surface area contributed by atoms with Crippen molar-refractivity contribution in [2.75, 3.05) is 6.61 Å². The summed E-state index contributed by atoms with van der Waals surface area (Å²) in [6.07, 6.45) is 2.16. The number of nitrogens with zero attached hydrogens (tertiary/aromatic N) is 2. The number of aryl methyl sites for hydroxylation is 1. The third-order valence-corrected chi connectivity index (χ3v) is 3.85. The average molecular weight is 329 g/mol. The molecule has 0 aliphatic heterocycles. The highest BCUT2D eigenvalue weighted by Crippen LogP contribution is 2.26. The van der Waals surface area contributed by atoms with Crippen LogP contribution in [0.5, 0.6) is 0 Å². The van der Waals surface area contributed by atoms with Crippen LogP contribution in [0.25, 0.3) is 16.9 Å². The Hall–Kier alpha value is -2.33. The minimum atomic E-state index is -0.258. The molecule has 0 saturated carbocycles. The molecule has 4 nitrogen and oxygen atoms in total. The fourth-order valence-electron chi connectivity index (χ4n) is 2.56. The Labute approximate surface area is 139 Å². The Bertz CT molecular complexity index is 853. The summed E-state index contributed by atoms with van der Waals surface area (Å²) in [5.74, 6) is -0.258. The zero-order valence-electron chi connectivity index (χ0n) is 13.0. The molecule has 0 atom stereocenters. The number of fused-ring (bicyclic) bond motifs is 1. The Balaban J connectivity index is 2.15. The first kappa shape index (κ1) is 15.6. The number of hydrogen-bond donors (Lipinski definition) is 0. The third kappa shape index (κ3) is 3.22. The number of imidazole rings is 1. The van der Waals surface area contributed by atoms with Crippen LogP contribution in [0.4, 0.5) is 0 Å². The molecule has 0 fully saturated rings. The van der Waals surface area contributed by atoms with Gasteiger partial charge in [0, 0.05) is 16.8 Å². The van der Waals surface area contributed by atoms with Crippen LogP contribution in [0, 0.1) is 6.92 Å². The van der Waals surface area contributed by atoms with Crippen molar-refractivity contribution in [1.82, 2.24) is 9.38 Å². The molecule has 0 unspecified atom stereocenters. The molecule has 3 rings (SSSR count). The lowest BCUT2D eigenvalue weighted by Gasteiger charge is -2.06. The summed E-state index contributed by atoms with van der Waals surface area (Å²) in [6, 6.07) is 11.4. The second-order valence-electron chi connectivity index (χ2n) is 5.33. The van der Waals surface area contributed by atoms with Crippen molar-refractivity contribution < 1.29 is 9.53 Å². The van der Waals surface area contributed by atoms with Crippen LogP contribution in [0.1, 0.15) is 18.2 Å². The van der Waals surface area contributed by atoms with Gasteiger partial charge >= 0.3 is 5.97 Å². The van der Waals surface area contributed by atoms with Gasteiger partial charge in [0.15, 0.2) is 0 Å². The molecule has 0 amide bonds. The van der Waals surface area contributed by atoms with Crippen molar-refractivity contribution in [2.24, 2.45) is 0 Å². The first-order valence-electron chi connectivity index (χ1n) is 7.47. The smallest absolute Gasteiger partial charge is 0.311 e. The number of aromatic nitrogens is 2. The standard InChI is InChI=1S/C18H17ClN2O2/c1-3-23-17(22)10-15-18(13-5-7-14(19)8-6-13)20-16-9-4-12(2)11-21(15)16/h4-9,11H,3,10H2,1-2H3. The summed E-state index contributed by atoms with van der Waals surface area (Å²) in [6.45, 7) is 4.18. The summed E-state index contributed by atoms with van der Waals surface area (Å²) in [7, 11) is 0. The van der Waals surface area contributed by atoms with Crippen molar-refractivity contribution >= 4 is 23.2 Å². The van der Waals surface area contributed by atoms with E-state index in [2.05, 4.69) is 4.98 Å². The third-order valence-electron chi connectivity index (χ3n) is 3.60. The number of halogens is 1. The van der Waals surface area contributed by atoms with Crippen LogP contribution in [0.3, 0.4) is 0 Å². The number of hydrogen-bond acceptors (Lipinski definition) is 3. The van der Waals surface area contributed by atoms with Crippen LogP contribution in [0.15, 0.2) is 42.6 Å². The van der Waals surface area contributed by atoms with Gasteiger partial charge in [-0.2, -0.15) is 0 Å². The molecule has 0 saturated heterocycles. The van der Waals surface area contributed by atoms with Crippen molar-refractivity contribution in [3.8, 4) is 11.3 Å². The molecule has 2 heterocycles. The maximum Gasteiger partial charge on any atom is 0.311 e. The maximum absolute atomic E-state index is 12.0. The quantitative estimate of drug-likeness (QED) is 0.678. The van der Waals surface area contributed by atoms with E-state index in [1.54, 1.807) is 6.92 Å². The lowest BCUT2D eigenvalue weighted by Crippen LogP contribution is -2.10. The van der Waals surface area contributed by atoms with Gasteiger partial charge in [-0.15, -0.1) is 0 Å². The molecule has 2 aromatic heterocycles. The number of pyridine rings is 1. The highest BCUT2D eigenvalue weighted by atomic mass is 35.5. The van der Waals surface area contributed by atoms with Crippen LogP contribution in [-0.2, 0) is 16.0 Å². The van der Waals surface area contributed by atoms with Crippen LogP contribution in [0.2, 0.25) is 5.02 Å². The molecule has 1 aromatic carbocycles. The molecule has 0 bridgehead atoms. The predicted octanol–water partition coefficient (Wildman–Crippen LogP) is 4.07. The molecule has 0 radical (unpaired) electrons. The zero-order chi connectivity index (χ0) is 16.4. The monoisotopic (exact) mass is 328 g/mol. The van der Waals surface area contributed by atoms with Gasteiger partial charge in [-0.25, -0.2) is 4.98 Å². The summed E-state index contributed by atoms with van der Waals surface area (Å²) >= 11 is 5.96. The van der Waals surface area contributed by atoms with E-state index in [9.17, 15) is 4.79 Å². The number of ether oxygens (including phenoxy) is 1. The molecular formula is C18H17ClN2O2. The Morgan fingerprint density at radius 3 is 2.65 bits per heavy atom. The molecular weight excluding hydrogens is 312 g/mol. The highest BCUT2D eigenvalue weighted by Gasteiger charge is 2.17. The van der Waals surface area contributed by atoms with Crippen molar-refractivity contribution in [1.29, 1.82) is 0 Å². The van der Waals surface area contributed by atoms with E-state index in [4.69, 9.17) is 16.3 Å². The van der Waals surface area contributed by atoms with Gasteiger partial charge in [0.2, 0.25) is 0 Å². The number of carbonyl (C=O) groups excluding carboxylic acids is 1. The minimum absolute atomic E-state index is 0.177. The fraction of sp³-hybridized carbons (Fsp3) is 0.222. The van der Waals surface area contributed by atoms with E-state index >= 15 is 0 Å². The molecule has 0 aliphatic carbocycles. The van der Waals surface area contributed by atoms with Crippen molar-refractivity contribution in [3.05, 3.63) is 58.9 Å². The van der Waals surface area contributed by atoms with E-state index < -0.39 is 0 Å².